The molecule has 0 heterocycles. The Morgan fingerprint density at radius 3 is 2.33 bits per heavy atom. The third-order valence-corrected chi connectivity index (χ3v) is 13.4. The van der Waals surface area contributed by atoms with Crippen LogP contribution >= 0.6 is 0 Å². The third-order valence-electron chi connectivity index (χ3n) is 3.39. The van der Waals surface area contributed by atoms with Gasteiger partial charge >= 0.3 is 112 Å². The van der Waals surface area contributed by atoms with E-state index < -0.39 is 0 Å². The molecule has 0 fully saturated rings. The van der Waals surface area contributed by atoms with E-state index in [0.717, 1.165) is 3.63 Å². The molecule has 0 saturated carbocycles. The number of benzene rings is 1. The Morgan fingerprint density at radius 1 is 1.17 bits per heavy atom. The maximum Gasteiger partial charge on any atom is -1.00 e. The van der Waals surface area contributed by atoms with Crippen molar-refractivity contribution >= 4 is 11.5 Å². The van der Waals surface area contributed by atoms with Gasteiger partial charge in [-0.3, -0.25) is 0 Å². The molecule has 0 radical (unpaired) electrons. The summed E-state index contributed by atoms with van der Waals surface area (Å²) >= 11 is -0.192. The number of rotatable bonds is 3. The Bertz CT molecular complexity index is 430. The Kier molecular flexibility index (Phi) is 8.81. The first kappa shape index (κ1) is 19.0. The molecule has 0 spiro atoms. The number of allylic oxidation sites excluding steroid dienone is 2. The molecule has 98 valence electrons. The van der Waals surface area contributed by atoms with Crippen molar-refractivity contribution in [2.75, 3.05) is 0 Å². The Hall–Kier alpha value is 1.02. The van der Waals surface area contributed by atoms with Gasteiger partial charge in [-0.2, -0.15) is 0 Å². The van der Waals surface area contributed by atoms with E-state index in [9.17, 15) is 0 Å². The van der Waals surface area contributed by atoms with Gasteiger partial charge < -0.3 is 34.0 Å². The van der Waals surface area contributed by atoms with Crippen LogP contribution in [-0.2, 0) is 22.4 Å². The molecule has 2 rings (SSSR count). The van der Waals surface area contributed by atoms with Crippen LogP contribution in [0.25, 0.3) is 5.57 Å². The van der Waals surface area contributed by atoms with Gasteiger partial charge in [0.2, 0.25) is 0 Å². The predicted molar refractivity (Wildman–Crippen MR) is 70.9 cm³/mol. The van der Waals surface area contributed by atoms with Crippen molar-refractivity contribution in [1.29, 1.82) is 0 Å². The van der Waals surface area contributed by atoms with Crippen molar-refractivity contribution in [3.05, 3.63) is 41.0 Å². The van der Waals surface area contributed by atoms with E-state index in [2.05, 4.69) is 51.2 Å². The van der Waals surface area contributed by atoms with Gasteiger partial charge in [-0.15, -0.1) is 0 Å². The zero-order valence-electron chi connectivity index (χ0n) is 11.4. The van der Waals surface area contributed by atoms with Gasteiger partial charge in [0.25, 0.3) is 0 Å². The SMILES string of the molecule is CCC1=C(C)c2ccccc2[CH]1[Zr+2][SiH](C)C.[Br-].[Br-]. The predicted octanol–water partition coefficient (Wildman–Crippen LogP) is -2.00. The van der Waals surface area contributed by atoms with Gasteiger partial charge in [0.15, 0.2) is 0 Å². The summed E-state index contributed by atoms with van der Waals surface area (Å²) in [6.45, 7) is 9.74. The van der Waals surface area contributed by atoms with Crippen molar-refractivity contribution in [2.24, 2.45) is 0 Å². The maximum atomic E-state index is 2.54. The average Bonchev–Trinajstić information content (AvgIpc) is 2.52. The fourth-order valence-electron chi connectivity index (χ4n) is 2.66. The molecule has 1 aliphatic carbocycles. The molecule has 1 unspecified atom stereocenters. The molecule has 1 aromatic carbocycles. The largest absolute Gasteiger partial charge is 1.00 e. The van der Waals surface area contributed by atoms with Crippen molar-refractivity contribution < 1.29 is 56.4 Å². The minimum atomic E-state index is -0.326. The van der Waals surface area contributed by atoms with Gasteiger partial charge in [0, 0.05) is 0 Å². The molecule has 0 N–H and O–H groups in total. The topological polar surface area (TPSA) is 0 Å². The van der Waals surface area contributed by atoms with Crippen LogP contribution < -0.4 is 34.0 Å². The van der Waals surface area contributed by atoms with Crippen LogP contribution in [0.15, 0.2) is 29.8 Å². The number of fused-ring (bicyclic) bond motifs is 1. The van der Waals surface area contributed by atoms with Crippen molar-refractivity contribution in [3.8, 4) is 0 Å². The molecule has 0 saturated heterocycles. The molecule has 18 heavy (non-hydrogen) atoms. The van der Waals surface area contributed by atoms with E-state index in [1.165, 1.54) is 6.42 Å². The van der Waals surface area contributed by atoms with Crippen LogP contribution in [0, 0.1) is 0 Å². The molecular weight excluding hydrogens is 447 g/mol. The Balaban J connectivity index is 0.00000144. The normalized spacial score (nSPS) is 16.8. The summed E-state index contributed by atoms with van der Waals surface area (Å²) in [5.74, 6) is -0.326. The van der Waals surface area contributed by atoms with Crippen LogP contribution in [0.3, 0.4) is 0 Å². The molecule has 0 bridgehead atoms. The van der Waals surface area contributed by atoms with Crippen LogP contribution in [0.5, 0.6) is 0 Å². The molecule has 1 atom stereocenters. The fraction of sp³-hybridized carbons (Fsp3) is 0.429. The second-order valence-corrected chi connectivity index (χ2v) is 19.9. The van der Waals surface area contributed by atoms with Crippen molar-refractivity contribution in [2.45, 2.75) is 37.0 Å². The molecule has 1 aliphatic rings. The molecular formula is C14H20Br2SiZr. The summed E-state index contributed by atoms with van der Waals surface area (Å²) in [7, 11) is 0. The van der Waals surface area contributed by atoms with Crippen molar-refractivity contribution in [1.82, 2.24) is 0 Å². The first-order chi connectivity index (χ1) is 7.65. The summed E-state index contributed by atoms with van der Waals surface area (Å²) in [5.41, 5.74) is 6.59. The van der Waals surface area contributed by atoms with E-state index >= 15 is 0 Å². The van der Waals surface area contributed by atoms with Crippen molar-refractivity contribution in [3.63, 3.8) is 0 Å². The monoisotopic (exact) mass is 464 g/mol. The van der Waals surface area contributed by atoms with E-state index in [-0.39, 0.29) is 62.3 Å². The number of halogens is 2. The molecule has 0 aromatic heterocycles. The summed E-state index contributed by atoms with van der Waals surface area (Å²) < 4.78 is 0.913. The molecule has 1 aromatic rings. The standard InChI is InChI=1S/C12H13.C2H7Si.2BrH.Zr/c1-3-10-8-11-6-4-5-7-12(11)9(10)2;1-3-2;;;/h4-8H,3H2,1-2H3;3H,1-2H3;2*1H;/q;;;;+2/p-2. The smallest absolute Gasteiger partial charge is 1.00 e. The Labute approximate surface area is 144 Å². The fourth-order valence-corrected chi connectivity index (χ4v) is 13.1. The van der Waals surface area contributed by atoms with Crippen LogP contribution in [0.4, 0.5) is 0 Å². The summed E-state index contributed by atoms with van der Waals surface area (Å²) in [4.78, 5) is 0. The van der Waals surface area contributed by atoms with Gasteiger partial charge in [-0.1, -0.05) is 0 Å². The number of hydrogen-bond donors (Lipinski definition) is 0. The summed E-state index contributed by atoms with van der Waals surface area (Å²) in [6.07, 6.45) is 1.26. The maximum absolute atomic E-state index is 2.54. The van der Waals surface area contributed by atoms with Gasteiger partial charge in [-0.05, 0) is 0 Å². The second-order valence-electron chi connectivity index (χ2n) is 4.85. The number of hydrogen-bond acceptors (Lipinski definition) is 0. The average molecular weight is 467 g/mol. The van der Waals surface area contributed by atoms with Crippen LogP contribution in [0.1, 0.15) is 35.0 Å². The minimum absolute atomic E-state index is 0. The molecule has 0 amide bonds. The zero-order chi connectivity index (χ0) is 11.7. The first-order valence-corrected chi connectivity index (χ1v) is 14.8. The molecule has 0 aliphatic heterocycles. The van der Waals surface area contributed by atoms with E-state index in [1.54, 1.807) is 22.3 Å². The molecule has 4 heteroatoms. The van der Waals surface area contributed by atoms with Crippen LogP contribution in [0.2, 0.25) is 13.1 Å². The van der Waals surface area contributed by atoms with Gasteiger partial charge in [0.1, 0.15) is 0 Å². The summed E-state index contributed by atoms with van der Waals surface area (Å²) in [6, 6.07) is 9.11. The van der Waals surface area contributed by atoms with Crippen LogP contribution in [-0.4, -0.2) is 5.92 Å². The first-order valence-electron chi connectivity index (χ1n) is 6.20. The quantitative estimate of drug-likeness (QED) is 0.452. The Morgan fingerprint density at radius 2 is 1.78 bits per heavy atom. The summed E-state index contributed by atoms with van der Waals surface area (Å²) in [5, 5.41) is 0. The third kappa shape index (κ3) is 3.77. The van der Waals surface area contributed by atoms with E-state index in [4.69, 9.17) is 0 Å². The minimum Gasteiger partial charge on any atom is -1.00 e. The zero-order valence-corrected chi connectivity index (χ0v) is 18.2. The molecule has 0 nitrogen and oxygen atoms in total. The van der Waals surface area contributed by atoms with Gasteiger partial charge in [-0.25, -0.2) is 0 Å². The van der Waals surface area contributed by atoms with E-state index in [0.29, 0.717) is 0 Å². The second kappa shape index (κ2) is 8.34. The van der Waals surface area contributed by atoms with E-state index in [1.807, 2.05) is 0 Å². The van der Waals surface area contributed by atoms with Gasteiger partial charge in [0.05, 0.1) is 0 Å².